The highest BCUT2D eigenvalue weighted by Crippen LogP contribution is 2.28. The number of allylic oxidation sites excluding steroid dienone is 1. The lowest BCUT2D eigenvalue weighted by Crippen LogP contribution is -1.93. The van der Waals surface area contributed by atoms with Crippen LogP contribution in [0.5, 0.6) is 0 Å². The van der Waals surface area contributed by atoms with Gasteiger partial charge < -0.3 is 4.74 Å². The number of ether oxygens (including phenoxy) is 1. The third-order valence-corrected chi connectivity index (χ3v) is 4.88. The fraction of sp³-hybridized carbons (Fsp3) is 0.250. The van der Waals surface area contributed by atoms with E-state index in [1.165, 1.54) is 21.4 Å². The molecule has 0 N–H and O–H groups in total. The molecular weight excluding hydrogens is 302 g/mol. The van der Waals surface area contributed by atoms with Crippen molar-refractivity contribution in [3.63, 3.8) is 0 Å². The highest BCUT2D eigenvalue weighted by Gasteiger charge is 2.07. The van der Waals surface area contributed by atoms with Gasteiger partial charge >= 0.3 is 0 Å². The molecule has 0 spiro atoms. The van der Waals surface area contributed by atoms with Crippen LogP contribution in [0, 0.1) is 0 Å². The van der Waals surface area contributed by atoms with Crippen LogP contribution in [-0.2, 0) is 18.0 Å². The third-order valence-electron chi connectivity index (χ3n) is 3.79. The van der Waals surface area contributed by atoms with Gasteiger partial charge in [0, 0.05) is 0 Å². The second-order valence-corrected chi connectivity index (χ2v) is 6.71. The molecule has 1 heterocycles. The van der Waals surface area contributed by atoms with Crippen molar-refractivity contribution in [1.29, 1.82) is 0 Å². The summed E-state index contributed by atoms with van der Waals surface area (Å²) in [6, 6.07) is 16.6. The number of hydrogen-bond donors (Lipinski definition) is 0. The first-order chi connectivity index (χ1) is 11.3. The van der Waals surface area contributed by atoms with Crippen molar-refractivity contribution in [1.82, 2.24) is 4.98 Å². The Morgan fingerprint density at radius 2 is 1.91 bits per heavy atom. The Morgan fingerprint density at radius 3 is 2.70 bits per heavy atom. The average molecular weight is 323 g/mol. The average Bonchev–Trinajstić information content (AvgIpc) is 3.00. The number of thiazole rings is 1. The van der Waals surface area contributed by atoms with Crippen molar-refractivity contribution in [3.05, 3.63) is 70.2 Å². The first kappa shape index (κ1) is 15.9. The van der Waals surface area contributed by atoms with Crippen LogP contribution in [0.15, 0.2) is 54.1 Å². The minimum absolute atomic E-state index is 0.560. The van der Waals surface area contributed by atoms with E-state index in [0.717, 1.165) is 16.9 Å². The number of hydrogen-bond acceptors (Lipinski definition) is 3. The normalized spacial score (nSPS) is 12.0. The molecule has 0 saturated carbocycles. The summed E-state index contributed by atoms with van der Waals surface area (Å²) in [5, 5.41) is 1.03. The molecule has 118 valence electrons. The van der Waals surface area contributed by atoms with E-state index in [9.17, 15) is 0 Å². The Labute approximate surface area is 141 Å². The molecule has 3 heteroatoms. The third kappa shape index (κ3) is 4.06. The van der Waals surface area contributed by atoms with E-state index >= 15 is 0 Å². The predicted octanol–water partition coefficient (Wildman–Crippen LogP) is 5.83. The van der Waals surface area contributed by atoms with Crippen molar-refractivity contribution in [2.75, 3.05) is 0 Å². The number of fused-ring (bicyclic) bond motifs is 1. The maximum absolute atomic E-state index is 5.81. The molecule has 0 aliphatic rings. The fourth-order valence-electron chi connectivity index (χ4n) is 2.39. The molecular formula is C20H21NOS. The number of nitrogens with zero attached hydrogens (tertiary/aromatic N) is 1. The summed E-state index contributed by atoms with van der Waals surface area (Å²) in [6.45, 7) is 5.54. The van der Waals surface area contributed by atoms with Gasteiger partial charge in [-0.05, 0) is 30.5 Å². The molecule has 0 bridgehead atoms. The monoisotopic (exact) mass is 323 g/mol. The lowest BCUT2D eigenvalue weighted by Gasteiger charge is -2.01. The molecule has 3 aromatic rings. The van der Waals surface area contributed by atoms with Crippen LogP contribution in [-0.4, -0.2) is 4.98 Å². The van der Waals surface area contributed by atoms with Crippen LogP contribution in [0.3, 0.4) is 0 Å². The van der Waals surface area contributed by atoms with Gasteiger partial charge in [0.05, 0.1) is 23.4 Å². The highest BCUT2D eigenvalue weighted by molar-refractivity contribution is 7.18. The van der Waals surface area contributed by atoms with Crippen LogP contribution in [0.25, 0.3) is 16.3 Å². The first-order valence-electron chi connectivity index (χ1n) is 7.93. The SMILES string of the molecule is CC/C(C)=C/c1cccc2nc(COCc3ccccc3)sc12. The topological polar surface area (TPSA) is 22.1 Å². The lowest BCUT2D eigenvalue weighted by atomic mass is 10.1. The first-order valence-corrected chi connectivity index (χ1v) is 8.75. The summed E-state index contributed by atoms with van der Waals surface area (Å²) < 4.78 is 7.06. The van der Waals surface area contributed by atoms with Gasteiger partial charge in [-0.3, -0.25) is 0 Å². The quantitative estimate of drug-likeness (QED) is 0.569. The Bertz CT molecular complexity index is 805. The standard InChI is InChI=1S/C20H21NOS/c1-3-15(2)12-17-10-7-11-18-20(17)23-19(21-18)14-22-13-16-8-5-4-6-9-16/h4-12H,3,13-14H2,1-2H3/b15-12+. The molecule has 0 fully saturated rings. The van der Waals surface area contributed by atoms with E-state index in [2.05, 4.69) is 50.3 Å². The smallest absolute Gasteiger partial charge is 0.120 e. The summed E-state index contributed by atoms with van der Waals surface area (Å²) in [6.07, 6.45) is 3.33. The molecule has 0 radical (unpaired) electrons. The van der Waals surface area contributed by atoms with Crippen LogP contribution < -0.4 is 0 Å². The van der Waals surface area contributed by atoms with E-state index in [-0.39, 0.29) is 0 Å². The predicted molar refractivity (Wildman–Crippen MR) is 98.5 cm³/mol. The molecule has 0 amide bonds. The summed E-state index contributed by atoms with van der Waals surface area (Å²) in [5.41, 5.74) is 4.89. The van der Waals surface area contributed by atoms with Crippen molar-refractivity contribution in [2.45, 2.75) is 33.5 Å². The van der Waals surface area contributed by atoms with Crippen molar-refractivity contribution < 1.29 is 4.74 Å². The summed E-state index contributed by atoms with van der Waals surface area (Å²) in [4.78, 5) is 4.70. The summed E-state index contributed by atoms with van der Waals surface area (Å²) in [7, 11) is 0. The zero-order chi connectivity index (χ0) is 16.1. The molecule has 2 aromatic carbocycles. The van der Waals surface area contributed by atoms with Gasteiger partial charge in [0.25, 0.3) is 0 Å². The van der Waals surface area contributed by atoms with E-state index in [1.807, 2.05) is 18.2 Å². The number of benzene rings is 2. The largest absolute Gasteiger partial charge is 0.370 e. The Kier molecular flexibility index (Phi) is 5.21. The maximum Gasteiger partial charge on any atom is 0.120 e. The van der Waals surface area contributed by atoms with E-state index in [1.54, 1.807) is 11.3 Å². The van der Waals surface area contributed by atoms with Gasteiger partial charge in [-0.1, -0.05) is 61.0 Å². The Morgan fingerprint density at radius 1 is 1.09 bits per heavy atom. The second-order valence-electron chi connectivity index (χ2n) is 5.63. The molecule has 23 heavy (non-hydrogen) atoms. The second kappa shape index (κ2) is 7.53. The zero-order valence-corrected chi connectivity index (χ0v) is 14.4. The molecule has 0 aliphatic carbocycles. The fourth-order valence-corrected chi connectivity index (χ4v) is 3.37. The maximum atomic E-state index is 5.81. The van der Waals surface area contributed by atoms with Gasteiger partial charge in [0.2, 0.25) is 0 Å². The van der Waals surface area contributed by atoms with E-state index in [4.69, 9.17) is 9.72 Å². The van der Waals surface area contributed by atoms with Gasteiger partial charge in [0.15, 0.2) is 0 Å². The highest BCUT2D eigenvalue weighted by atomic mass is 32.1. The molecule has 0 atom stereocenters. The zero-order valence-electron chi connectivity index (χ0n) is 13.6. The van der Waals surface area contributed by atoms with E-state index < -0.39 is 0 Å². The molecule has 3 rings (SSSR count). The van der Waals surface area contributed by atoms with Gasteiger partial charge in [0.1, 0.15) is 5.01 Å². The number of aromatic nitrogens is 1. The lowest BCUT2D eigenvalue weighted by molar-refractivity contribution is 0.107. The van der Waals surface area contributed by atoms with Gasteiger partial charge in [-0.25, -0.2) is 4.98 Å². The Hall–Kier alpha value is -1.97. The van der Waals surface area contributed by atoms with Crippen molar-refractivity contribution in [2.24, 2.45) is 0 Å². The summed E-state index contributed by atoms with van der Waals surface area (Å²) >= 11 is 1.73. The van der Waals surface area contributed by atoms with Crippen molar-refractivity contribution in [3.8, 4) is 0 Å². The summed E-state index contributed by atoms with van der Waals surface area (Å²) in [5.74, 6) is 0. The minimum atomic E-state index is 0.560. The molecule has 2 nitrogen and oxygen atoms in total. The van der Waals surface area contributed by atoms with Crippen molar-refractivity contribution >= 4 is 27.6 Å². The van der Waals surface area contributed by atoms with Crippen LogP contribution >= 0.6 is 11.3 Å². The van der Waals surface area contributed by atoms with Gasteiger partial charge in [-0.15, -0.1) is 11.3 Å². The molecule has 0 saturated heterocycles. The van der Waals surface area contributed by atoms with Crippen LogP contribution in [0.2, 0.25) is 0 Å². The van der Waals surface area contributed by atoms with Crippen LogP contribution in [0.1, 0.15) is 36.4 Å². The molecule has 0 aliphatic heterocycles. The van der Waals surface area contributed by atoms with Crippen LogP contribution in [0.4, 0.5) is 0 Å². The minimum Gasteiger partial charge on any atom is -0.370 e. The number of rotatable bonds is 6. The van der Waals surface area contributed by atoms with E-state index in [0.29, 0.717) is 13.2 Å². The van der Waals surface area contributed by atoms with Gasteiger partial charge in [-0.2, -0.15) is 0 Å². The Balaban J connectivity index is 1.74. The molecule has 1 aromatic heterocycles. The molecule has 0 unspecified atom stereocenters.